The minimum absolute atomic E-state index is 0.130. The van der Waals surface area contributed by atoms with Gasteiger partial charge >= 0.3 is 12.1 Å². The van der Waals surface area contributed by atoms with Gasteiger partial charge in [-0.15, -0.1) is 0 Å². The number of hydrogen-bond donors (Lipinski definition) is 2. The highest BCUT2D eigenvalue weighted by molar-refractivity contribution is 5.97. The van der Waals surface area contributed by atoms with Crippen LogP contribution >= 0.6 is 0 Å². The van der Waals surface area contributed by atoms with Crippen molar-refractivity contribution in [3.63, 3.8) is 0 Å². The monoisotopic (exact) mass is 455 g/mol. The molecule has 0 spiro atoms. The van der Waals surface area contributed by atoms with E-state index in [1.54, 1.807) is 0 Å². The van der Waals surface area contributed by atoms with Crippen molar-refractivity contribution in [3.8, 4) is 0 Å². The molecule has 9 nitrogen and oxygen atoms in total. The molecule has 0 aliphatic rings. The molecular formula is C20H20F3N3O6. The van der Waals surface area contributed by atoms with E-state index in [2.05, 4.69) is 10.6 Å². The normalized spacial score (nSPS) is 12.0. The van der Waals surface area contributed by atoms with Crippen LogP contribution in [-0.4, -0.2) is 43.2 Å². The van der Waals surface area contributed by atoms with E-state index in [-0.39, 0.29) is 22.6 Å². The van der Waals surface area contributed by atoms with E-state index < -0.39 is 34.6 Å². The number of alkyl halides is 3. The smallest absolute Gasteiger partial charge is 0.416 e. The molecule has 1 unspecified atom stereocenters. The molecule has 172 valence electrons. The summed E-state index contributed by atoms with van der Waals surface area (Å²) in [6, 6.07) is 7.55. The van der Waals surface area contributed by atoms with Gasteiger partial charge in [-0.2, -0.15) is 13.2 Å². The van der Waals surface area contributed by atoms with Crippen molar-refractivity contribution in [2.45, 2.75) is 19.2 Å². The molecule has 0 heterocycles. The highest BCUT2D eigenvalue weighted by Gasteiger charge is 2.30. The van der Waals surface area contributed by atoms with Crippen LogP contribution in [0.15, 0.2) is 42.5 Å². The van der Waals surface area contributed by atoms with Crippen molar-refractivity contribution in [2.75, 3.05) is 30.9 Å². The molecule has 0 radical (unpaired) electrons. The number of methoxy groups -OCH3 is 1. The summed E-state index contributed by atoms with van der Waals surface area (Å²) < 4.78 is 48.2. The van der Waals surface area contributed by atoms with Gasteiger partial charge in [-0.05, 0) is 37.3 Å². The van der Waals surface area contributed by atoms with Crippen LogP contribution in [0.3, 0.4) is 0 Å². The second-order valence-corrected chi connectivity index (χ2v) is 6.52. The molecule has 0 saturated heterocycles. The van der Waals surface area contributed by atoms with E-state index in [0.717, 1.165) is 24.3 Å². The van der Waals surface area contributed by atoms with E-state index >= 15 is 0 Å². The summed E-state index contributed by atoms with van der Waals surface area (Å²) in [7, 11) is 1.47. The molecule has 2 N–H and O–H groups in total. The molecule has 0 fully saturated rings. The number of rotatable bonds is 9. The van der Waals surface area contributed by atoms with Crippen molar-refractivity contribution in [1.29, 1.82) is 0 Å². The standard InChI is InChI=1S/C20H20F3N3O6/c1-12(18(27)25-15-5-3-4-14(11-15)20(21,22)23)32-19(28)13-6-7-16(24-8-9-31-2)17(10-13)26(29)30/h3-7,10-12,24H,8-9H2,1-2H3,(H,25,27). The number of nitro groups is 1. The molecule has 1 amide bonds. The lowest BCUT2D eigenvalue weighted by Crippen LogP contribution is -2.30. The van der Waals surface area contributed by atoms with Gasteiger partial charge in [0.05, 0.1) is 22.7 Å². The van der Waals surface area contributed by atoms with Crippen LogP contribution in [0, 0.1) is 10.1 Å². The molecular weight excluding hydrogens is 435 g/mol. The first-order valence-electron chi connectivity index (χ1n) is 9.23. The maximum absolute atomic E-state index is 12.8. The molecule has 12 heteroatoms. The number of nitro benzene ring substituents is 1. The molecule has 0 aromatic heterocycles. The molecule has 0 bridgehead atoms. The van der Waals surface area contributed by atoms with Crippen LogP contribution in [0.1, 0.15) is 22.8 Å². The van der Waals surface area contributed by atoms with Gasteiger partial charge in [0.2, 0.25) is 0 Å². The fourth-order valence-electron chi connectivity index (χ4n) is 2.55. The average molecular weight is 455 g/mol. The first kappa shape index (κ1) is 24.6. The summed E-state index contributed by atoms with van der Waals surface area (Å²) in [6.07, 6.45) is -5.96. The topological polar surface area (TPSA) is 120 Å². The second-order valence-electron chi connectivity index (χ2n) is 6.52. The molecule has 2 aromatic carbocycles. The predicted octanol–water partition coefficient (Wildman–Crippen LogP) is 3.86. The number of esters is 1. The number of carbonyl (C=O) groups excluding carboxylic acids is 2. The zero-order valence-electron chi connectivity index (χ0n) is 17.1. The molecule has 2 aromatic rings. The van der Waals surface area contributed by atoms with Gasteiger partial charge in [0.15, 0.2) is 6.10 Å². The van der Waals surface area contributed by atoms with Crippen LogP contribution in [-0.2, 0) is 20.4 Å². The third kappa shape index (κ3) is 6.67. The average Bonchev–Trinajstić information content (AvgIpc) is 2.73. The SMILES string of the molecule is COCCNc1ccc(C(=O)OC(C)C(=O)Nc2cccc(C(F)(F)F)c2)cc1[N+](=O)[O-]. The third-order valence-corrected chi connectivity index (χ3v) is 4.16. The van der Waals surface area contributed by atoms with Crippen LogP contribution < -0.4 is 10.6 Å². The molecule has 0 aliphatic heterocycles. The predicted molar refractivity (Wildman–Crippen MR) is 108 cm³/mol. The number of halogens is 3. The summed E-state index contributed by atoms with van der Waals surface area (Å²) in [6.45, 7) is 1.82. The molecule has 1 atom stereocenters. The lowest BCUT2D eigenvalue weighted by atomic mass is 10.1. The zero-order valence-corrected chi connectivity index (χ0v) is 17.1. The molecule has 32 heavy (non-hydrogen) atoms. The first-order valence-corrected chi connectivity index (χ1v) is 9.23. The molecule has 2 rings (SSSR count). The Morgan fingerprint density at radius 3 is 2.53 bits per heavy atom. The van der Waals surface area contributed by atoms with Crippen molar-refractivity contribution < 1.29 is 37.2 Å². The van der Waals surface area contributed by atoms with E-state index in [1.807, 2.05) is 0 Å². The number of nitrogens with zero attached hydrogens (tertiary/aromatic N) is 1. The highest BCUT2D eigenvalue weighted by atomic mass is 19.4. The number of nitrogens with one attached hydrogen (secondary N) is 2. The number of benzene rings is 2. The Morgan fingerprint density at radius 2 is 1.91 bits per heavy atom. The quantitative estimate of drug-likeness (QED) is 0.255. The Labute approximate surface area is 180 Å². The van der Waals surface area contributed by atoms with E-state index in [1.165, 1.54) is 32.2 Å². The van der Waals surface area contributed by atoms with E-state index in [4.69, 9.17) is 9.47 Å². The number of hydrogen-bond acceptors (Lipinski definition) is 7. The van der Waals surface area contributed by atoms with Crippen molar-refractivity contribution in [1.82, 2.24) is 0 Å². The van der Waals surface area contributed by atoms with Gasteiger partial charge in [-0.3, -0.25) is 14.9 Å². The largest absolute Gasteiger partial charge is 0.449 e. The Morgan fingerprint density at radius 1 is 1.19 bits per heavy atom. The third-order valence-electron chi connectivity index (χ3n) is 4.16. The van der Waals surface area contributed by atoms with Gasteiger partial charge in [-0.25, -0.2) is 4.79 Å². The van der Waals surface area contributed by atoms with Crippen LogP contribution in [0.5, 0.6) is 0 Å². The summed E-state index contributed by atoms with van der Waals surface area (Å²) in [5.74, 6) is -1.88. The Hall–Kier alpha value is -3.67. The second kappa shape index (κ2) is 10.6. The number of carbonyl (C=O) groups is 2. The Balaban J connectivity index is 2.07. The maximum atomic E-state index is 12.8. The molecule has 0 aliphatic carbocycles. The van der Waals surface area contributed by atoms with Gasteiger partial charge in [0.1, 0.15) is 5.69 Å². The van der Waals surface area contributed by atoms with Gasteiger partial charge in [0.25, 0.3) is 11.6 Å². The summed E-state index contributed by atoms with van der Waals surface area (Å²) >= 11 is 0. The van der Waals surface area contributed by atoms with Crippen LogP contribution in [0.4, 0.5) is 30.2 Å². The van der Waals surface area contributed by atoms with Crippen molar-refractivity contribution in [3.05, 3.63) is 63.7 Å². The van der Waals surface area contributed by atoms with Crippen LogP contribution in [0.25, 0.3) is 0 Å². The Kier molecular flexibility index (Phi) is 8.13. The zero-order chi connectivity index (χ0) is 23.9. The van der Waals surface area contributed by atoms with Crippen LogP contribution in [0.2, 0.25) is 0 Å². The van der Waals surface area contributed by atoms with Crippen molar-refractivity contribution >= 4 is 28.9 Å². The Bertz CT molecular complexity index is 997. The summed E-state index contributed by atoms with van der Waals surface area (Å²) in [4.78, 5) is 35.2. The van der Waals surface area contributed by atoms with Gasteiger partial charge in [0, 0.05) is 25.4 Å². The maximum Gasteiger partial charge on any atom is 0.416 e. The fraction of sp³-hybridized carbons (Fsp3) is 0.300. The number of ether oxygens (including phenoxy) is 2. The van der Waals surface area contributed by atoms with E-state index in [9.17, 15) is 32.9 Å². The first-order chi connectivity index (χ1) is 15.0. The minimum atomic E-state index is -4.59. The number of anilines is 2. The minimum Gasteiger partial charge on any atom is -0.449 e. The van der Waals surface area contributed by atoms with E-state index in [0.29, 0.717) is 13.2 Å². The fourth-order valence-corrected chi connectivity index (χ4v) is 2.55. The summed E-state index contributed by atoms with van der Waals surface area (Å²) in [5.41, 5.74) is -1.47. The van der Waals surface area contributed by atoms with Gasteiger partial charge < -0.3 is 20.1 Å². The number of amides is 1. The highest BCUT2D eigenvalue weighted by Crippen LogP contribution is 2.31. The lowest BCUT2D eigenvalue weighted by Gasteiger charge is -2.15. The summed E-state index contributed by atoms with van der Waals surface area (Å²) in [5, 5.41) is 16.3. The lowest BCUT2D eigenvalue weighted by molar-refractivity contribution is -0.384. The van der Waals surface area contributed by atoms with Gasteiger partial charge in [-0.1, -0.05) is 6.07 Å². The van der Waals surface area contributed by atoms with Crippen molar-refractivity contribution in [2.24, 2.45) is 0 Å². The molecule has 0 saturated carbocycles.